The van der Waals surface area contributed by atoms with Crippen LogP contribution < -0.4 is 0 Å². The summed E-state index contributed by atoms with van der Waals surface area (Å²) in [4.78, 5) is 0. The average Bonchev–Trinajstić information content (AvgIpc) is 2.50. The quantitative estimate of drug-likeness (QED) is 0.558. The lowest BCUT2D eigenvalue weighted by molar-refractivity contribution is 1.44. The van der Waals surface area contributed by atoms with Gasteiger partial charge in [0.25, 0.3) is 0 Å². The number of benzene rings is 3. The van der Waals surface area contributed by atoms with E-state index in [0.717, 1.165) is 0 Å². The molecule has 0 unspecified atom stereocenters. The van der Waals surface area contributed by atoms with Crippen LogP contribution in [0.4, 0.5) is 0 Å². The Labute approximate surface area is 120 Å². The van der Waals surface area contributed by atoms with Gasteiger partial charge < -0.3 is 0 Å². The molecule has 3 aromatic rings. The van der Waals surface area contributed by atoms with Crippen molar-refractivity contribution in [2.45, 2.75) is 13.8 Å². The SMILES string of the molecule is Cc1ccc(-c2ccc(C)c(-c3ccccc3)c2)cc1. The lowest BCUT2D eigenvalue weighted by atomic mass is 9.95. The molecule has 0 saturated carbocycles. The molecule has 0 heterocycles. The molecular formula is C20H18. The maximum atomic E-state index is 2.29. The molecule has 0 bridgehead atoms. The molecule has 0 atom stereocenters. The number of rotatable bonds is 2. The molecule has 0 aliphatic heterocycles. The zero-order valence-electron chi connectivity index (χ0n) is 11.9. The summed E-state index contributed by atoms with van der Waals surface area (Å²) in [5, 5.41) is 0. The van der Waals surface area contributed by atoms with Gasteiger partial charge in [-0.2, -0.15) is 0 Å². The molecule has 0 nitrogen and oxygen atoms in total. The van der Waals surface area contributed by atoms with Gasteiger partial charge in [-0.1, -0.05) is 72.3 Å². The van der Waals surface area contributed by atoms with E-state index in [1.165, 1.54) is 33.4 Å². The minimum Gasteiger partial charge on any atom is -0.0622 e. The van der Waals surface area contributed by atoms with Crippen molar-refractivity contribution in [3.05, 3.63) is 83.9 Å². The largest absolute Gasteiger partial charge is 0.0622 e. The summed E-state index contributed by atoms with van der Waals surface area (Å²) in [7, 11) is 0. The minimum absolute atomic E-state index is 1.27. The molecule has 3 aromatic carbocycles. The lowest BCUT2D eigenvalue weighted by Crippen LogP contribution is -1.86. The summed E-state index contributed by atoms with van der Waals surface area (Å²) in [6, 6.07) is 26.0. The van der Waals surface area contributed by atoms with E-state index in [1.54, 1.807) is 0 Å². The fraction of sp³-hybridized carbons (Fsp3) is 0.100. The molecule has 0 saturated heterocycles. The Morgan fingerprint density at radius 2 is 1.20 bits per heavy atom. The summed E-state index contributed by atoms with van der Waals surface area (Å²) in [6.45, 7) is 4.29. The van der Waals surface area contributed by atoms with Gasteiger partial charge in [-0.15, -0.1) is 0 Å². The number of aryl methyl sites for hydroxylation is 2. The fourth-order valence-electron chi connectivity index (χ4n) is 2.48. The standard InChI is InChI=1S/C20H18/c1-15-8-11-17(12-9-15)19-13-10-16(2)20(14-19)18-6-4-3-5-7-18/h3-14H,1-2H3. The van der Waals surface area contributed by atoms with Gasteiger partial charge in [-0.3, -0.25) is 0 Å². The van der Waals surface area contributed by atoms with Crippen LogP contribution in [-0.4, -0.2) is 0 Å². The third-order valence-corrected chi connectivity index (χ3v) is 3.71. The van der Waals surface area contributed by atoms with Crippen LogP contribution in [0.3, 0.4) is 0 Å². The Morgan fingerprint density at radius 3 is 1.90 bits per heavy atom. The molecule has 0 fully saturated rings. The van der Waals surface area contributed by atoms with E-state index in [2.05, 4.69) is 86.6 Å². The molecule has 0 aliphatic rings. The van der Waals surface area contributed by atoms with Crippen LogP contribution in [-0.2, 0) is 0 Å². The van der Waals surface area contributed by atoms with Gasteiger partial charge in [0.15, 0.2) is 0 Å². The monoisotopic (exact) mass is 258 g/mol. The van der Waals surface area contributed by atoms with Crippen molar-refractivity contribution in [1.82, 2.24) is 0 Å². The van der Waals surface area contributed by atoms with Crippen molar-refractivity contribution >= 4 is 0 Å². The van der Waals surface area contributed by atoms with E-state index in [9.17, 15) is 0 Å². The maximum Gasteiger partial charge on any atom is -0.0149 e. The van der Waals surface area contributed by atoms with E-state index in [4.69, 9.17) is 0 Å². The predicted octanol–water partition coefficient (Wildman–Crippen LogP) is 5.64. The third kappa shape index (κ3) is 2.50. The van der Waals surface area contributed by atoms with Crippen molar-refractivity contribution in [3.8, 4) is 22.3 Å². The molecule has 98 valence electrons. The van der Waals surface area contributed by atoms with Gasteiger partial charge in [-0.25, -0.2) is 0 Å². The first-order chi connectivity index (χ1) is 9.74. The summed E-state index contributed by atoms with van der Waals surface area (Å²) in [6.07, 6.45) is 0. The van der Waals surface area contributed by atoms with Crippen LogP contribution in [0.15, 0.2) is 72.8 Å². The Morgan fingerprint density at radius 1 is 0.550 bits per heavy atom. The molecule has 0 N–H and O–H groups in total. The van der Waals surface area contributed by atoms with Crippen molar-refractivity contribution in [2.75, 3.05) is 0 Å². The third-order valence-electron chi connectivity index (χ3n) is 3.71. The summed E-state index contributed by atoms with van der Waals surface area (Å²) < 4.78 is 0. The zero-order valence-corrected chi connectivity index (χ0v) is 11.9. The van der Waals surface area contributed by atoms with Crippen molar-refractivity contribution in [3.63, 3.8) is 0 Å². The van der Waals surface area contributed by atoms with Crippen molar-refractivity contribution in [1.29, 1.82) is 0 Å². The van der Waals surface area contributed by atoms with Crippen LogP contribution in [0.2, 0.25) is 0 Å². The fourth-order valence-corrected chi connectivity index (χ4v) is 2.48. The predicted molar refractivity (Wildman–Crippen MR) is 86.8 cm³/mol. The van der Waals surface area contributed by atoms with Gasteiger partial charge >= 0.3 is 0 Å². The first-order valence-electron chi connectivity index (χ1n) is 6.97. The Hall–Kier alpha value is -2.34. The lowest BCUT2D eigenvalue weighted by Gasteiger charge is -2.10. The van der Waals surface area contributed by atoms with E-state index in [-0.39, 0.29) is 0 Å². The molecule has 0 spiro atoms. The summed E-state index contributed by atoms with van der Waals surface area (Å²) >= 11 is 0. The Bertz CT molecular complexity index is 707. The summed E-state index contributed by atoms with van der Waals surface area (Å²) in [5.74, 6) is 0. The van der Waals surface area contributed by atoms with Gasteiger partial charge in [0.1, 0.15) is 0 Å². The molecule has 20 heavy (non-hydrogen) atoms. The Balaban J connectivity index is 2.09. The highest BCUT2D eigenvalue weighted by Gasteiger charge is 2.04. The van der Waals surface area contributed by atoms with Crippen molar-refractivity contribution in [2.24, 2.45) is 0 Å². The molecule has 3 rings (SSSR count). The smallest absolute Gasteiger partial charge is 0.0149 e. The van der Waals surface area contributed by atoms with Crippen LogP contribution in [0.25, 0.3) is 22.3 Å². The molecular weight excluding hydrogens is 240 g/mol. The van der Waals surface area contributed by atoms with E-state index < -0.39 is 0 Å². The second-order valence-corrected chi connectivity index (χ2v) is 5.26. The minimum atomic E-state index is 1.27. The van der Waals surface area contributed by atoms with Crippen LogP contribution in [0.5, 0.6) is 0 Å². The molecule has 0 aromatic heterocycles. The number of hydrogen-bond acceptors (Lipinski definition) is 0. The zero-order chi connectivity index (χ0) is 13.9. The highest BCUT2D eigenvalue weighted by molar-refractivity contribution is 5.75. The normalized spacial score (nSPS) is 10.5. The first-order valence-corrected chi connectivity index (χ1v) is 6.97. The summed E-state index contributed by atoms with van der Waals surface area (Å²) in [5.41, 5.74) is 7.74. The maximum absolute atomic E-state index is 2.29. The highest BCUT2D eigenvalue weighted by Crippen LogP contribution is 2.29. The van der Waals surface area contributed by atoms with Gasteiger partial charge in [0, 0.05) is 0 Å². The highest BCUT2D eigenvalue weighted by atomic mass is 14.1. The van der Waals surface area contributed by atoms with E-state index >= 15 is 0 Å². The van der Waals surface area contributed by atoms with Crippen LogP contribution in [0.1, 0.15) is 11.1 Å². The van der Waals surface area contributed by atoms with Gasteiger partial charge in [0.05, 0.1) is 0 Å². The van der Waals surface area contributed by atoms with Gasteiger partial charge in [0.2, 0.25) is 0 Å². The Kier molecular flexibility index (Phi) is 3.39. The average molecular weight is 258 g/mol. The van der Waals surface area contributed by atoms with Crippen LogP contribution in [0, 0.1) is 13.8 Å². The van der Waals surface area contributed by atoms with Gasteiger partial charge in [-0.05, 0) is 47.7 Å². The second kappa shape index (κ2) is 5.34. The van der Waals surface area contributed by atoms with E-state index in [1.807, 2.05) is 0 Å². The second-order valence-electron chi connectivity index (χ2n) is 5.26. The first kappa shape index (κ1) is 12.7. The number of hydrogen-bond donors (Lipinski definition) is 0. The topological polar surface area (TPSA) is 0 Å². The molecule has 0 amide bonds. The van der Waals surface area contributed by atoms with E-state index in [0.29, 0.717) is 0 Å². The van der Waals surface area contributed by atoms with Crippen LogP contribution >= 0.6 is 0 Å². The molecule has 0 radical (unpaired) electrons. The molecule has 0 aliphatic carbocycles. The molecule has 0 heteroatoms. The van der Waals surface area contributed by atoms with Crippen molar-refractivity contribution < 1.29 is 0 Å².